The molecule has 1 N–H and O–H groups in total. The predicted octanol–water partition coefficient (Wildman–Crippen LogP) is 15.3. The molecule has 0 fully saturated rings. The number of aromatic amines is 1. The summed E-state index contributed by atoms with van der Waals surface area (Å²) >= 11 is 0. The first-order valence-electron chi connectivity index (χ1n) is 22.4. The Labute approximate surface area is 377 Å². The molecule has 0 radical (unpaired) electrons. The zero-order valence-corrected chi connectivity index (χ0v) is 35.6. The number of nitrogens with zero attached hydrogens (tertiary/aromatic N) is 4. The number of benzene rings is 9. The average molecular weight is 834 g/mol. The minimum atomic E-state index is -0.808. The van der Waals surface area contributed by atoms with Gasteiger partial charge < -0.3 is 23.9 Å². The number of nitrogens with one attached hydrogen (secondary N) is 1. The van der Waals surface area contributed by atoms with Crippen LogP contribution < -0.4 is 9.80 Å². The molecular formula is C60H43N5. The van der Waals surface area contributed by atoms with Crippen LogP contribution in [-0.2, 0) is 6.42 Å². The lowest BCUT2D eigenvalue weighted by molar-refractivity contribution is 0.518. The van der Waals surface area contributed by atoms with Gasteiger partial charge in [0.25, 0.3) is 0 Å². The van der Waals surface area contributed by atoms with Crippen molar-refractivity contribution in [2.75, 3.05) is 9.80 Å². The van der Waals surface area contributed by atoms with Gasteiger partial charge in [-0.3, -0.25) is 0 Å². The molecular weight excluding hydrogens is 791 g/mol. The molecule has 0 bridgehead atoms. The number of rotatable bonds is 8. The number of H-pyrrole nitrogens is 1. The van der Waals surface area contributed by atoms with Crippen LogP contribution in [-0.4, -0.2) is 19.8 Å². The molecule has 0 unspecified atom stereocenters. The van der Waals surface area contributed by atoms with Crippen molar-refractivity contribution in [2.45, 2.75) is 12.1 Å². The first-order chi connectivity index (χ1) is 32.2. The van der Waals surface area contributed by atoms with Crippen molar-refractivity contribution in [3.63, 3.8) is 0 Å². The smallest absolute Gasteiger partial charge is 0.145 e. The molecule has 3 heterocycles. The normalized spacial score (nSPS) is 13.2. The third kappa shape index (κ3) is 5.79. The Kier molecular flexibility index (Phi) is 8.43. The van der Waals surface area contributed by atoms with E-state index in [4.69, 9.17) is 0 Å². The molecule has 0 saturated carbocycles. The van der Waals surface area contributed by atoms with Crippen LogP contribution in [0.5, 0.6) is 0 Å². The fraction of sp³-hybridized carbons (Fsp3) is 0.0333. The summed E-state index contributed by atoms with van der Waals surface area (Å²) in [5.41, 5.74) is 14.1. The summed E-state index contributed by atoms with van der Waals surface area (Å²) in [5, 5.41) is 6.07. The Morgan fingerprint density at radius 1 is 0.369 bits per heavy atom. The highest BCUT2D eigenvalue weighted by atomic mass is 15.4. The zero-order chi connectivity index (χ0) is 42.9. The minimum Gasteiger partial charge on any atom is -0.355 e. The van der Waals surface area contributed by atoms with Crippen molar-refractivity contribution in [3.05, 3.63) is 248 Å². The maximum absolute atomic E-state index is 3.79. The molecule has 13 rings (SSSR count). The van der Waals surface area contributed by atoms with Gasteiger partial charge in [-0.1, -0.05) is 127 Å². The van der Waals surface area contributed by atoms with Gasteiger partial charge >= 0.3 is 0 Å². The maximum Gasteiger partial charge on any atom is 0.145 e. The van der Waals surface area contributed by atoms with Crippen LogP contribution in [0.3, 0.4) is 0 Å². The van der Waals surface area contributed by atoms with E-state index < -0.39 is 5.66 Å². The molecule has 0 amide bonds. The van der Waals surface area contributed by atoms with E-state index in [1.165, 1.54) is 54.6 Å². The van der Waals surface area contributed by atoms with Crippen molar-refractivity contribution in [1.82, 2.24) is 14.1 Å². The highest BCUT2D eigenvalue weighted by Gasteiger charge is 2.46. The second-order valence-corrected chi connectivity index (χ2v) is 17.1. The molecule has 5 heteroatoms. The summed E-state index contributed by atoms with van der Waals surface area (Å²) in [6.45, 7) is 0. The molecule has 1 aliphatic carbocycles. The molecule has 308 valence electrons. The zero-order valence-electron chi connectivity index (χ0n) is 35.6. The second kappa shape index (κ2) is 14.8. The lowest BCUT2D eigenvalue weighted by Gasteiger charge is -2.52. The van der Waals surface area contributed by atoms with Crippen molar-refractivity contribution >= 4 is 83.3 Å². The van der Waals surface area contributed by atoms with Gasteiger partial charge in [-0.25, -0.2) is 0 Å². The number of para-hydroxylation sites is 7. The van der Waals surface area contributed by atoms with Crippen LogP contribution in [0.2, 0.25) is 0 Å². The minimum absolute atomic E-state index is 0.681. The predicted molar refractivity (Wildman–Crippen MR) is 272 cm³/mol. The Hall–Kier alpha value is -8.54. The van der Waals surface area contributed by atoms with Crippen LogP contribution in [0.25, 0.3) is 72.0 Å². The van der Waals surface area contributed by atoms with E-state index in [9.17, 15) is 0 Å². The van der Waals surface area contributed by atoms with Gasteiger partial charge in [-0.15, -0.1) is 0 Å². The molecule has 0 saturated heterocycles. The van der Waals surface area contributed by atoms with Gasteiger partial charge in [-0.05, 0) is 121 Å². The number of hydrogen-bond donors (Lipinski definition) is 1. The van der Waals surface area contributed by atoms with Crippen molar-refractivity contribution in [2.24, 2.45) is 0 Å². The lowest BCUT2D eigenvalue weighted by atomic mass is 9.86. The van der Waals surface area contributed by atoms with E-state index in [1.807, 2.05) is 0 Å². The van der Waals surface area contributed by atoms with Gasteiger partial charge in [0.2, 0.25) is 0 Å². The molecule has 5 nitrogen and oxygen atoms in total. The molecule has 9 aromatic carbocycles. The van der Waals surface area contributed by atoms with Crippen molar-refractivity contribution in [1.29, 1.82) is 0 Å². The third-order valence-corrected chi connectivity index (χ3v) is 13.5. The first kappa shape index (κ1) is 37.1. The van der Waals surface area contributed by atoms with E-state index in [1.54, 1.807) is 0 Å². The first-order valence-corrected chi connectivity index (χ1v) is 22.4. The summed E-state index contributed by atoms with van der Waals surface area (Å²) < 4.78 is 4.79. The molecule has 65 heavy (non-hydrogen) atoms. The number of aromatic nitrogens is 3. The van der Waals surface area contributed by atoms with E-state index in [2.05, 4.69) is 267 Å². The van der Waals surface area contributed by atoms with Gasteiger partial charge in [0.15, 0.2) is 0 Å². The molecule has 0 aliphatic heterocycles. The second-order valence-electron chi connectivity index (χ2n) is 17.1. The van der Waals surface area contributed by atoms with E-state index in [0.29, 0.717) is 6.42 Å². The summed E-state index contributed by atoms with van der Waals surface area (Å²) in [7, 11) is 0. The summed E-state index contributed by atoms with van der Waals surface area (Å²) in [5.74, 6) is 0. The highest BCUT2D eigenvalue weighted by molar-refractivity contribution is 6.12. The Bertz CT molecular complexity index is 3550. The van der Waals surface area contributed by atoms with E-state index in [-0.39, 0.29) is 0 Å². The number of anilines is 4. The molecule has 3 aromatic heterocycles. The molecule has 1 aliphatic rings. The quantitative estimate of drug-likeness (QED) is 0.155. The fourth-order valence-electron chi connectivity index (χ4n) is 10.8. The lowest BCUT2D eigenvalue weighted by Crippen LogP contribution is -2.59. The average Bonchev–Trinajstić information content (AvgIpc) is 4.02. The van der Waals surface area contributed by atoms with Gasteiger partial charge in [0.1, 0.15) is 5.66 Å². The van der Waals surface area contributed by atoms with Crippen LogP contribution in [0.1, 0.15) is 11.3 Å². The number of fused-ring (bicyclic) bond motifs is 9. The van der Waals surface area contributed by atoms with Crippen LogP contribution >= 0.6 is 0 Å². The SMILES string of the molecule is C1=CC(N(c2ccccc2)c2ccc3c(c2)c2ccccc2n3-c2ccccc2)(N(c2ccccc2)c2ccc3c(c2)c2ccccc2n3-c2ccccc2)Cc2c1[nH]c1ccccc21. The van der Waals surface area contributed by atoms with E-state index in [0.717, 1.165) is 45.3 Å². The van der Waals surface area contributed by atoms with Crippen molar-refractivity contribution in [3.8, 4) is 11.4 Å². The van der Waals surface area contributed by atoms with Gasteiger partial charge in [0.05, 0.1) is 22.1 Å². The van der Waals surface area contributed by atoms with E-state index >= 15 is 0 Å². The summed E-state index contributed by atoms with van der Waals surface area (Å²) in [6.07, 6.45) is 5.45. The molecule has 0 atom stereocenters. The molecule has 0 spiro atoms. The Balaban J connectivity index is 1.12. The summed E-state index contributed by atoms with van der Waals surface area (Å²) in [6, 6.07) is 83.9. The largest absolute Gasteiger partial charge is 0.355 e. The standard InChI is InChI=1S/C60H43N5/c1-5-19-42(20-6-1)62-56-31-17-14-28-49(56)51-39-46(33-35-58(51)62)64(44-23-9-3-10-24-44)60(38-37-55-53(41-60)48-27-13-16-30-54(48)61-55)65(45-25-11-4-12-26-45)47-34-36-59-52(40-47)50-29-15-18-32-57(50)63(59)43-21-7-2-8-22-43/h1-40,61H,41H2. The fourth-order valence-corrected chi connectivity index (χ4v) is 10.8. The summed E-state index contributed by atoms with van der Waals surface area (Å²) in [4.78, 5) is 8.97. The monoisotopic (exact) mass is 833 g/mol. The van der Waals surface area contributed by atoms with Crippen LogP contribution in [0, 0.1) is 0 Å². The Morgan fingerprint density at radius 3 is 1.29 bits per heavy atom. The Morgan fingerprint density at radius 2 is 0.785 bits per heavy atom. The third-order valence-electron chi connectivity index (χ3n) is 13.5. The maximum atomic E-state index is 3.79. The van der Waals surface area contributed by atoms with Gasteiger partial charge in [0, 0.05) is 78.7 Å². The van der Waals surface area contributed by atoms with Crippen LogP contribution in [0.4, 0.5) is 22.7 Å². The molecule has 12 aromatic rings. The highest BCUT2D eigenvalue weighted by Crippen LogP contribution is 2.50. The topological polar surface area (TPSA) is 32.1 Å². The van der Waals surface area contributed by atoms with Gasteiger partial charge in [-0.2, -0.15) is 0 Å². The van der Waals surface area contributed by atoms with Crippen molar-refractivity contribution < 1.29 is 0 Å². The number of hydrogen-bond acceptors (Lipinski definition) is 2. The van der Waals surface area contributed by atoms with Crippen LogP contribution in [0.15, 0.2) is 237 Å².